The standard InChI is InChI=1S/C25H20FN3O2/c1-29(16-18-6-3-2-4-7-18)25(30)20-8-5-9-22(14-20)31-24-15-23(27-17-28-24)19-10-12-21(26)13-11-19/h2-15,17H,16H2,1H3. The van der Waals surface area contributed by atoms with Gasteiger partial charge in [0, 0.05) is 30.8 Å². The summed E-state index contributed by atoms with van der Waals surface area (Å²) in [5, 5.41) is 0. The van der Waals surface area contributed by atoms with Gasteiger partial charge in [0.15, 0.2) is 0 Å². The second-order valence-electron chi connectivity index (χ2n) is 7.03. The van der Waals surface area contributed by atoms with Crippen molar-refractivity contribution in [3.8, 4) is 22.9 Å². The zero-order chi connectivity index (χ0) is 21.6. The van der Waals surface area contributed by atoms with Gasteiger partial charge in [0.25, 0.3) is 5.91 Å². The average Bonchev–Trinajstić information content (AvgIpc) is 2.80. The summed E-state index contributed by atoms with van der Waals surface area (Å²) in [6, 6.07) is 24.5. The highest BCUT2D eigenvalue weighted by molar-refractivity contribution is 5.94. The normalized spacial score (nSPS) is 10.5. The molecule has 4 aromatic rings. The fraction of sp³-hybridized carbons (Fsp3) is 0.0800. The fourth-order valence-corrected chi connectivity index (χ4v) is 3.14. The monoisotopic (exact) mass is 413 g/mol. The summed E-state index contributed by atoms with van der Waals surface area (Å²) in [7, 11) is 1.77. The lowest BCUT2D eigenvalue weighted by Gasteiger charge is -2.17. The minimum Gasteiger partial charge on any atom is -0.439 e. The first-order valence-electron chi connectivity index (χ1n) is 9.74. The zero-order valence-corrected chi connectivity index (χ0v) is 16.9. The van der Waals surface area contributed by atoms with Crippen LogP contribution in [0.1, 0.15) is 15.9 Å². The number of carbonyl (C=O) groups is 1. The van der Waals surface area contributed by atoms with Gasteiger partial charge < -0.3 is 9.64 Å². The first-order chi connectivity index (χ1) is 15.1. The highest BCUT2D eigenvalue weighted by Crippen LogP contribution is 2.25. The number of aromatic nitrogens is 2. The molecule has 0 spiro atoms. The van der Waals surface area contributed by atoms with E-state index in [4.69, 9.17) is 4.74 Å². The third-order valence-corrected chi connectivity index (χ3v) is 4.69. The van der Waals surface area contributed by atoms with Crippen molar-refractivity contribution < 1.29 is 13.9 Å². The molecule has 0 saturated heterocycles. The molecule has 5 nitrogen and oxygen atoms in total. The van der Waals surface area contributed by atoms with Crippen LogP contribution in [0.4, 0.5) is 4.39 Å². The Morgan fingerprint density at radius 3 is 2.48 bits per heavy atom. The van der Waals surface area contributed by atoms with Gasteiger partial charge in [0.2, 0.25) is 5.88 Å². The van der Waals surface area contributed by atoms with Crippen LogP contribution in [0.15, 0.2) is 91.3 Å². The summed E-state index contributed by atoms with van der Waals surface area (Å²) in [5.74, 6) is 0.399. The van der Waals surface area contributed by atoms with E-state index in [1.165, 1.54) is 18.5 Å². The van der Waals surface area contributed by atoms with Gasteiger partial charge in [-0.05, 0) is 48.0 Å². The maximum Gasteiger partial charge on any atom is 0.254 e. The number of amides is 1. The molecule has 0 N–H and O–H groups in total. The van der Waals surface area contributed by atoms with Crippen molar-refractivity contribution in [2.24, 2.45) is 0 Å². The average molecular weight is 413 g/mol. The molecule has 1 heterocycles. The number of nitrogens with zero attached hydrogens (tertiary/aromatic N) is 3. The van der Waals surface area contributed by atoms with Crippen LogP contribution in [0.5, 0.6) is 11.6 Å². The highest BCUT2D eigenvalue weighted by Gasteiger charge is 2.13. The topological polar surface area (TPSA) is 55.3 Å². The van der Waals surface area contributed by atoms with Crippen LogP contribution in [0.3, 0.4) is 0 Å². The van der Waals surface area contributed by atoms with Gasteiger partial charge in [-0.3, -0.25) is 4.79 Å². The third kappa shape index (κ3) is 5.11. The van der Waals surface area contributed by atoms with Crippen LogP contribution in [-0.2, 0) is 6.54 Å². The van der Waals surface area contributed by atoms with Crippen molar-refractivity contribution in [1.29, 1.82) is 0 Å². The molecule has 0 radical (unpaired) electrons. The second kappa shape index (κ2) is 9.17. The van der Waals surface area contributed by atoms with Crippen LogP contribution < -0.4 is 4.74 Å². The van der Waals surface area contributed by atoms with Crippen LogP contribution in [-0.4, -0.2) is 27.8 Å². The fourth-order valence-electron chi connectivity index (χ4n) is 3.14. The summed E-state index contributed by atoms with van der Waals surface area (Å²) in [6.45, 7) is 0.512. The molecule has 1 amide bonds. The Labute approximate surface area is 179 Å². The Bertz CT molecular complexity index is 1180. The Morgan fingerprint density at radius 2 is 1.71 bits per heavy atom. The van der Waals surface area contributed by atoms with Crippen molar-refractivity contribution in [3.05, 3.63) is 108 Å². The maximum atomic E-state index is 13.2. The molecule has 6 heteroatoms. The molecule has 154 valence electrons. The molecule has 3 aromatic carbocycles. The molecule has 31 heavy (non-hydrogen) atoms. The lowest BCUT2D eigenvalue weighted by Crippen LogP contribution is -2.26. The number of benzene rings is 3. The van der Waals surface area contributed by atoms with Gasteiger partial charge in [0.1, 0.15) is 17.9 Å². The van der Waals surface area contributed by atoms with E-state index < -0.39 is 0 Å². The number of hydrogen-bond acceptors (Lipinski definition) is 4. The van der Waals surface area contributed by atoms with Crippen LogP contribution in [0.25, 0.3) is 11.3 Å². The molecule has 0 unspecified atom stereocenters. The molecular formula is C25H20FN3O2. The Balaban J connectivity index is 1.49. The SMILES string of the molecule is CN(Cc1ccccc1)C(=O)c1cccc(Oc2cc(-c3ccc(F)cc3)ncn2)c1. The van der Waals surface area contributed by atoms with Gasteiger partial charge in [-0.25, -0.2) is 14.4 Å². The van der Waals surface area contributed by atoms with Crippen LogP contribution in [0.2, 0.25) is 0 Å². The summed E-state index contributed by atoms with van der Waals surface area (Å²) in [4.78, 5) is 22.8. The summed E-state index contributed by atoms with van der Waals surface area (Å²) >= 11 is 0. The summed E-state index contributed by atoms with van der Waals surface area (Å²) in [5.41, 5.74) is 2.93. The predicted molar refractivity (Wildman–Crippen MR) is 116 cm³/mol. The molecule has 0 aliphatic rings. The largest absolute Gasteiger partial charge is 0.439 e. The Morgan fingerprint density at radius 1 is 0.935 bits per heavy atom. The molecule has 0 aliphatic heterocycles. The second-order valence-corrected chi connectivity index (χ2v) is 7.03. The van der Waals surface area contributed by atoms with Crippen molar-refractivity contribution in [2.45, 2.75) is 6.54 Å². The van der Waals surface area contributed by atoms with E-state index in [0.29, 0.717) is 29.4 Å². The van der Waals surface area contributed by atoms with E-state index in [1.54, 1.807) is 54.4 Å². The lowest BCUT2D eigenvalue weighted by molar-refractivity contribution is 0.0784. The quantitative estimate of drug-likeness (QED) is 0.428. The van der Waals surface area contributed by atoms with Gasteiger partial charge in [-0.2, -0.15) is 0 Å². The van der Waals surface area contributed by atoms with Crippen LogP contribution in [0, 0.1) is 5.82 Å². The lowest BCUT2D eigenvalue weighted by atomic mass is 10.1. The molecule has 0 atom stereocenters. The molecule has 0 fully saturated rings. The van der Waals surface area contributed by atoms with E-state index in [9.17, 15) is 9.18 Å². The van der Waals surface area contributed by atoms with Crippen molar-refractivity contribution >= 4 is 5.91 Å². The molecule has 0 aliphatic carbocycles. The first-order valence-corrected chi connectivity index (χ1v) is 9.74. The maximum absolute atomic E-state index is 13.2. The molecule has 4 rings (SSSR count). The predicted octanol–water partition coefficient (Wildman–Crippen LogP) is 5.35. The smallest absolute Gasteiger partial charge is 0.254 e. The molecular weight excluding hydrogens is 393 g/mol. The number of hydrogen-bond donors (Lipinski definition) is 0. The van der Waals surface area contributed by atoms with Crippen LogP contribution >= 0.6 is 0 Å². The number of rotatable bonds is 6. The van der Waals surface area contributed by atoms with Crippen molar-refractivity contribution in [2.75, 3.05) is 7.05 Å². The van der Waals surface area contributed by atoms with Gasteiger partial charge in [-0.15, -0.1) is 0 Å². The van der Waals surface area contributed by atoms with E-state index >= 15 is 0 Å². The zero-order valence-electron chi connectivity index (χ0n) is 16.9. The van der Waals surface area contributed by atoms with Gasteiger partial charge in [-0.1, -0.05) is 36.4 Å². The Kier molecular flexibility index (Phi) is 5.98. The third-order valence-electron chi connectivity index (χ3n) is 4.69. The van der Waals surface area contributed by atoms with E-state index in [-0.39, 0.29) is 11.7 Å². The molecule has 0 saturated carbocycles. The van der Waals surface area contributed by atoms with Gasteiger partial charge >= 0.3 is 0 Å². The summed E-state index contributed by atoms with van der Waals surface area (Å²) in [6.07, 6.45) is 1.39. The highest BCUT2D eigenvalue weighted by atomic mass is 19.1. The number of halogens is 1. The van der Waals surface area contributed by atoms with Crippen molar-refractivity contribution in [1.82, 2.24) is 14.9 Å². The van der Waals surface area contributed by atoms with E-state index in [1.807, 2.05) is 30.3 Å². The molecule has 0 bridgehead atoms. The van der Waals surface area contributed by atoms with E-state index in [2.05, 4.69) is 9.97 Å². The molecule has 1 aromatic heterocycles. The first kappa shape index (κ1) is 20.2. The van der Waals surface area contributed by atoms with E-state index in [0.717, 1.165) is 11.1 Å². The van der Waals surface area contributed by atoms with Gasteiger partial charge in [0.05, 0.1) is 5.69 Å². The number of ether oxygens (including phenoxy) is 1. The minimum atomic E-state index is -0.312. The Hall–Kier alpha value is -4.06. The van der Waals surface area contributed by atoms with Crippen molar-refractivity contribution in [3.63, 3.8) is 0 Å². The minimum absolute atomic E-state index is 0.107. The summed E-state index contributed by atoms with van der Waals surface area (Å²) < 4.78 is 19.0. The number of carbonyl (C=O) groups excluding carboxylic acids is 1.